The lowest BCUT2D eigenvalue weighted by Crippen LogP contribution is -1.89. The summed E-state index contributed by atoms with van der Waals surface area (Å²) in [4.78, 5) is 4.40. The second kappa shape index (κ2) is 5.64. The number of rotatable bonds is 3. The van der Waals surface area contributed by atoms with Gasteiger partial charge < -0.3 is 4.74 Å². The molecule has 86 valence electrons. The van der Waals surface area contributed by atoms with E-state index in [-0.39, 0.29) is 0 Å². The molecule has 0 saturated carbocycles. The smallest absolute Gasteiger partial charge is 0.127 e. The Kier molecular flexibility index (Phi) is 3.94. The maximum atomic E-state index is 5.25. The number of ether oxygens (including phenoxy) is 1. The summed E-state index contributed by atoms with van der Waals surface area (Å²) < 4.78 is 6.30. The number of hydrogen-bond acceptors (Lipinski definition) is 2. The standard InChI is InChI=1S/C14H12BrNO/c1-17-14-5-3-2-4-11(14)10-16-13-8-6-12(15)7-9-13/h2-10H,1H3. The normalized spacial score (nSPS) is 10.7. The number of aliphatic imine (C=N–C) groups is 1. The Labute approximate surface area is 109 Å². The van der Waals surface area contributed by atoms with E-state index < -0.39 is 0 Å². The molecule has 2 aromatic carbocycles. The van der Waals surface area contributed by atoms with Crippen molar-refractivity contribution < 1.29 is 4.74 Å². The first-order valence-corrected chi connectivity index (χ1v) is 6.01. The molecule has 0 saturated heterocycles. The van der Waals surface area contributed by atoms with Crippen LogP contribution in [0.15, 0.2) is 58.0 Å². The molecule has 0 aromatic heterocycles. The molecular formula is C14H12BrNO. The minimum Gasteiger partial charge on any atom is -0.496 e. The van der Waals surface area contributed by atoms with E-state index >= 15 is 0 Å². The molecule has 0 aliphatic heterocycles. The molecule has 0 atom stereocenters. The van der Waals surface area contributed by atoms with Crippen LogP contribution in [-0.2, 0) is 0 Å². The van der Waals surface area contributed by atoms with Crippen LogP contribution in [0.5, 0.6) is 5.75 Å². The quantitative estimate of drug-likeness (QED) is 0.776. The molecule has 0 spiro atoms. The van der Waals surface area contributed by atoms with Gasteiger partial charge in [0.25, 0.3) is 0 Å². The van der Waals surface area contributed by atoms with E-state index in [2.05, 4.69) is 20.9 Å². The molecule has 0 N–H and O–H groups in total. The van der Waals surface area contributed by atoms with Gasteiger partial charge in [0.1, 0.15) is 5.75 Å². The van der Waals surface area contributed by atoms with Crippen molar-refractivity contribution in [2.45, 2.75) is 0 Å². The van der Waals surface area contributed by atoms with Crippen LogP contribution in [0, 0.1) is 0 Å². The van der Waals surface area contributed by atoms with Gasteiger partial charge in [0.2, 0.25) is 0 Å². The fraction of sp³-hybridized carbons (Fsp3) is 0.0714. The number of methoxy groups -OCH3 is 1. The Morgan fingerprint density at radius 1 is 1.06 bits per heavy atom. The largest absolute Gasteiger partial charge is 0.496 e. The van der Waals surface area contributed by atoms with Crippen molar-refractivity contribution in [1.82, 2.24) is 0 Å². The van der Waals surface area contributed by atoms with Gasteiger partial charge in [-0.1, -0.05) is 28.1 Å². The maximum absolute atomic E-state index is 5.25. The van der Waals surface area contributed by atoms with E-state index in [4.69, 9.17) is 4.74 Å². The molecule has 3 heteroatoms. The summed E-state index contributed by atoms with van der Waals surface area (Å²) in [6, 6.07) is 15.6. The average molecular weight is 290 g/mol. The third-order valence-corrected chi connectivity index (χ3v) is 2.85. The minimum atomic E-state index is 0.827. The number of benzene rings is 2. The van der Waals surface area contributed by atoms with E-state index in [0.717, 1.165) is 21.5 Å². The Morgan fingerprint density at radius 2 is 1.76 bits per heavy atom. The lowest BCUT2D eigenvalue weighted by Gasteiger charge is -2.02. The Morgan fingerprint density at radius 3 is 2.47 bits per heavy atom. The maximum Gasteiger partial charge on any atom is 0.127 e. The van der Waals surface area contributed by atoms with Crippen LogP contribution >= 0.6 is 15.9 Å². The van der Waals surface area contributed by atoms with Crippen LogP contribution in [0.1, 0.15) is 5.56 Å². The highest BCUT2D eigenvalue weighted by Gasteiger charge is 1.97. The van der Waals surface area contributed by atoms with Crippen molar-refractivity contribution >= 4 is 27.8 Å². The van der Waals surface area contributed by atoms with Crippen LogP contribution in [0.3, 0.4) is 0 Å². The van der Waals surface area contributed by atoms with Gasteiger partial charge in [-0.15, -0.1) is 0 Å². The van der Waals surface area contributed by atoms with E-state index in [1.54, 1.807) is 7.11 Å². The second-order valence-electron chi connectivity index (χ2n) is 3.48. The molecule has 0 amide bonds. The van der Waals surface area contributed by atoms with Gasteiger partial charge in [0.15, 0.2) is 0 Å². The van der Waals surface area contributed by atoms with Crippen molar-refractivity contribution in [1.29, 1.82) is 0 Å². The summed E-state index contributed by atoms with van der Waals surface area (Å²) in [5, 5.41) is 0. The third kappa shape index (κ3) is 3.17. The van der Waals surface area contributed by atoms with Crippen LogP contribution < -0.4 is 4.74 Å². The predicted octanol–water partition coefficient (Wildman–Crippen LogP) is 4.21. The molecule has 0 aliphatic carbocycles. The zero-order chi connectivity index (χ0) is 12.1. The molecule has 2 rings (SSSR count). The summed E-state index contributed by atoms with van der Waals surface area (Å²) in [5.41, 5.74) is 1.89. The zero-order valence-corrected chi connectivity index (χ0v) is 11.0. The van der Waals surface area contributed by atoms with Gasteiger partial charge >= 0.3 is 0 Å². The summed E-state index contributed by atoms with van der Waals surface area (Å²) in [7, 11) is 1.66. The summed E-state index contributed by atoms with van der Waals surface area (Å²) in [5.74, 6) is 0.827. The van der Waals surface area contributed by atoms with E-state index in [1.165, 1.54) is 0 Å². The van der Waals surface area contributed by atoms with E-state index in [1.807, 2.05) is 54.7 Å². The molecule has 0 bridgehead atoms. The SMILES string of the molecule is COc1ccccc1C=Nc1ccc(Br)cc1. The number of nitrogens with zero attached hydrogens (tertiary/aromatic N) is 1. The lowest BCUT2D eigenvalue weighted by molar-refractivity contribution is 0.414. The summed E-state index contributed by atoms with van der Waals surface area (Å²) >= 11 is 3.39. The average Bonchev–Trinajstić information content (AvgIpc) is 2.38. The van der Waals surface area contributed by atoms with Crippen molar-refractivity contribution in [2.24, 2.45) is 4.99 Å². The molecule has 0 aliphatic rings. The van der Waals surface area contributed by atoms with Gasteiger partial charge in [-0.3, -0.25) is 4.99 Å². The lowest BCUT2D eigenvalue weighted by atomic mass is 10.2. The number of para-hydroxylation sites is 1. The molecule has 0 unspecified atom stereocenters. The number of halogens is 1. The fourth-order valence-electron chi connectivity index (χ4n) is 1.44. The molecule has 0 heterocycles. The van der Waals surface area contributed by atoms with Crippen molar-refractivity contribution in [2.75, 3.05) is 7.11 Å². The molecule has 2 aromatic rings. The van der Waals surface area contributed by atoms with E-state index in [9.17, 15) is 0 Å². The first-order valence-electron chi connectivity index (χ1n) is 5.22. The van der Waals surface area contributed by atoms with Gasteiger partial charge in [-0.05, 0) is 36.4 Å². The van der Waals surface area contributed by atoms with Crippen molar-refractivity contribution in [3.05, 3.63) is 58.6 Å². The molecule has 0 radical (unpaired) electrons. The summed E-state index contributed by atoms with van der Waals surface area (Å²) in [6.45, 7) is 0. The van der Waals surface area contributed by atoms with Crippen molar-refractivity contribution in [3.8, 4) is 5.75 Å². The van der Waals surface area contributed by atoms with Gasteiger partial charge in [-0.2, -0.15) is 0 Å². The predicted molar refractivity (Wildman–Crippen MR) is 74.4 cm³/mol. The first-order chi connectivity index (χ1) is 8.29. The third-order valence-electron chi connectivity index (χ3n) is 2.32. The minimum absolute atomic E-state index is 0.827. The highest BCUT2D eigenvalue weighted by atomic mass is 79.9. The van der Waals surface area contributed by atoms with Crippen LogP contribution in [-0.4, -0.2) is 13.3 Å². The highest BCUT2D eigenvalue weighted by Crippen LogP contribution is 2.19. The van der Waals surface area contributed by atoms with Gasteiger partial charge in [0.05, 0.1) is 12.8 Å². The zero-order valence-electron chi connectivity index (χ0n) is 9.43. The first kappa shape index (κ1) is 11.9. The van der Waals surface area contributed by atoms with Crippen molar-refractivity contribution in [3.63, 3.8) is 0 Å². The number of hydrogen-bond donors (Lipinski definition) is 0. The molecule has 2 nitrogen and oxygen atoms in total. The monoisotopic (exact) mass is 289 g/mol. The molecule has 0 fully saturated rings. The highest BCUT2D eigenvalue weighted by molar-refractivity contribution is 9.10. The Bertz CT molecular complexity index is 520. The molecule has 17 heavy (non-hydrogen) atoms. The topological polar surface area (TPSA) is 21.6 Å². The van der Waals surface area contributed by atoms with Crippen LogP contribution in [0.2, 0.25) is 0 Å². The van der Waals surface area contributed by atoms with Gasteiger partial charge in [0, 0.05) is 16.3 Å². The molecular weight excluding hydrogens is 278 g/mol. The Balaban J connectivity index is 2.22. The fourth-order valence-corrected chi connectivity index (χ4v) is 1.71. The van der Waals surface area contributed by atoms with Gasteiger partial charge in [-0.25, -0.2) is 0 Å². The Hall–Kier alpha value is -1.61. The summed E-state index contributed by atoms with van der Waals surface area (Å²) in [6.07, 6.45) is 1.81. The van der Waals surface area contributed by atoms with Crippen LogP contribution in [0.4, 0.5) is 5.69 Å². The second-order valence-corrected chi connectivity index (χ2v) is 4.39. The van der Waals surface area contributed by atoms with Crippen LogP contribution in [0.25, 0.3) is 0 Å². The van der Waals surface area contributed by atoms with E-state index in [0.29, 0.717) is 0 Å².